The van der Waals surface area contributed by atoms with E-state index in [4.69, 9.17) is 0 Å². The van der Waals surface area contributed by atoms with Crippen molar-refractivity contribution < 1.29 is 13.7 Å². The SMILES string of the molecule is CNC(Cc1cc(F)cc(F)c1[N+](=O)[O-])C(C)(C)C. The summed E-state index contributed by atoms with van der Waals surface area (Å²) in [5, 5.41) is 13.9. The molecule has 0 aliphatic heterocycles. The fourth-order valence-electron chi connectivity index (χ4n) is 2.04. The predicted molar refractivity (Wildman–Crippen MR) is 69.0 cm³/mol. The summed E-state index contributed by atoms with van der Waals surface area (Å²) in [5.41, 5.74) is -0.770. The van der Waals surface area contributed by atoms with Crippen molar-refractivity contribution in [2.75, 3.05) is 7.05 Å². The number of hydrogen-bond donors (Lipinski definition) is 1. The Morgan fingerprint density at radius 2 is 1.95 bits per heavy atom. The minimum Gasteiger partial charge on any atom is -0.316 e. The van der Waals surface area contributed by atoms with Gasteiger partial charge in [-0.1, -0.05) is 20.8 Å². The third kappa shape index (κ3) is 3.70. The van der Waals surface area contributed by atoms with Gasteiger partial charge in [0.05, 0.1) is 4.92 Å². The van der Waals surface area contributed by atoms with Crippen LogP contribution in [0.25, 0.3) is 0 Å². The number of nitrogens with zero attached hydrogens (tertiary/aromatic N) is 1. The summed E-state index contributed by atoms with van der Waals surface area (Å²) in [5.74, 6) is -1.94. The van der Waals surface area contributed by atoms with Crippen LogP contribution in [0.3, 0.4) is 0 Å². The third-order valence-electron chi connectivity index (χ3n) is 3.11. The van der Waals surface area contributed by atoms with Gasteiger partial charge in [0.2, 0.25) is 5.82 Å². The molecule has 1 unspecified atom stereocenters. The molecule has 0 heterocycles. The lowest BCUT2D eigenvalue weighted by Gasteiger charge is -2.30. The van der Waals surface area contributed by atoms with E-state index in [1.807, 2.05) is 20.8 Å². The number of halogens is 2. The molecule has 1 N–H and O–H groups in total. The second-order valence-electron chi connectivity index (χ2n) is 5.56. The van der Waals surface area contributed by atoms with E-state index in [1.165, 1.54) is 0 Å². The maximum Gasteiger partial charge on any atom is 0.308 e. The fraction of sp³-hybridized carbons (Fsp3) is 0.538. The van der Waals surface area contributed by atoms with Gasteiger partial charge >= 0.3 is 5.69 Å². The summed E-state index contributed by atoms with van der Waals surface area (Å²) in [6, 6.07) is 1.43. The lowest BCUT2D eigenvalue weighted by molar-refractivity contribution is -0.388. The Balaban J connectivity index is 3.23. The monoisotopic (exact) mass is 272 g/mol. The summed E-state index contributed by atoms with van der Waals surface area (Å²) < 4.78 is 26.7. The fourth-order valence-corrected chi connectivity index (χ4v) is 2.04. The lowest BCUT2D eigenvalue weighted by atomic mass is 9.83. The molecule has 0 bridgehead atoms. The van der Waals surface area contributed by atoms with Crippen molar-refractivity contribution >= 4 is 5.69 Å². The first-order chi connectivity index (χ1) is 8.66. The highest BCUT2D eigenvalue weighted by atomic mass is 19.1. The van der Waals surface area contributed by atoms with Crippen molar-refractivity contribution in [3.8, 4) is 0 Å². The standard InChI is InChI=1S/C13H18F2N2O2/c1-13(2,3)11(16-4)6-8-5-9(14)7-10(15)12(8)17(18)19/h5,7,11,16H,6H2,1-4H3. The van der Waals surface area contributed by atoms with E-state index in [9.17, 15) is 18.9 Å². The number of likely N-dealkylation sites (N-methyl/N-ethyl adjacent to an activating group) is 1. The van der Waals surface area contributed by atoms with Gasteiger partial charge in [0, 0.05) is 17.7 Å². The smallest absolute Gasteiger partial charge is 0.308 e. The Hall–Kier alpha value is -1.56. The number of rotatable bonds is 4. The Bertz CT molecular complexity index is 484. The number of benzene rings is 1. The van der Waals surface area contributed by atoms with Crippen LogP contribution in [0.15, 0.2) is 12.1 Å². The van der Waals surface area contributed by atoms with Crippen molar-refractivity contribution in [1.29, 1.82) is 0 Å². The molecule has 0 aromatic heterocycles. The minimum atomic E-state index is -1.14. The summed E-state index contributed by atoms with van der Waals surface area (Å²) in [6.07, 6.45) is 0.186. The number of nitro groups is 1. The Morgan fingerprint density at radius 3 is 2.37 bits per heavy atom. The number of hydrogen-bond acceptors (Lipinski definition) is 3. The van der Waals surface area contributed by atoms with Gasteiger partial charge in [-0.15, -0.1) is 0 Å². The van der Waals surface area contributed by atoms with Crippen LogP contribution >= 0.6 is 0 Å². The average Bonchev–Trinajstić information content (AvgIpc) is 2.22. The van der Waals surface area contributed by atoms with Crippen LogP contribution in [0, 0.1) is 27.2 Å². The molecular formula is C13H18F2N2O2. The zero-order valence-corrected chi connectivity index (χ0v) is 11.5. The Labute approximate surface area is 111 Å². The van der Waals surface area contributed by atoms with E-state index in [0.29, 0.717) is 6.07 Å². The van der Waals surface area contributed by atoms with Crippen molar-refractivity contribution in [3.63, 3.8) is 0 Å². The van der Waals surface area contributed by atoms with Gasteiger partial charge in [0.25, 0.3) is 0 Å². The summed E-state index contributed by atoms with van der Waals surface area (Å²) in [4.78, 5) is 10.1. The molecule has 106 valence electrons. The number of nitrogens with one attached hydrogen (secondary N) is 1. The molecule has 0 fully saturated rings. The van der Waals surface area contributed by atoms with E-state index in [0.717, 1.165) is 6.07 Å². The van der Waals surface area contributed by atoms with Gasteiger partial charge in [-0.2, -0.15) is 4.39 Å². The maximum atomic E-state index is 13.5. The molecule has 1 atom stereocenters. The molecule has 1 rings (SSSR count). The first-order valence-corrected chi connectivity index (χ1v) is 5.96. The molecular weight excluding hydrogens is 254 g/mol. The van der Waals surface area contributed by atoms with Crippen LogP contribution in [0.5, 0.6) is 0 Å². The largest absolute Gasteiger partial charge is 0.316 e. The highest BCUT2D eigenvalue weighted by Gasteiger charge is 2.28. The molecule has 1 aromatic rings. The zero-order valence-electron chi connectivity index (χ0n) is 11.5. The van der Waals surface area contributed by atoms with Crippen molar-refractivity contribution in [1.82, 2.24) is 5.32 Å². The molecule has 0 radical (unpaired) electrons. The summed E-state index contributed by atoms with van der Waals surface area (Å²) in [6.45, 7) is 5.86. The Morgan fingerprint density at radius 1 is 1.37 bits per heavy atom. The van der Waals surface area contributed by atoms with E-state index in [-0.39, 0.29) is 23.4 Å². The minimum absolute atomic E-state index is 0.0665. The highest BCUT2D eigenvalue weighted by Crippen LogP contribution is 2.29. The van der Waals surface area contributed by atoms with Crippen molar-refractivity contribution in [2.24, 2.45) is 5.41 Å². The van der Waals surface area contributed by atoms with Crippen molar-refractivity contribution in [3.05, 3.63) is 39.4 Å². The second-order valence-corrected chi connectivity index (χ2v) is 5.56. The van der Waals surface area contributed by atoms with E-state index >= 15 is 0 Å². The maximum absolute atomic E-state index is 13.5. The van der Waals surface area contributed by atoms with Crippen LogP contribution in [0.2, 0.25) is 0 Å². The summed E-state index contributed by atoms with van der Waals surface area (Å²) in [7, 11) is 1.72. The van der Waals surface area contributed by atoms with Crippen LogP contribution in [-0.2, 0) is 6.42 Å². The first-order valence-electron chi connectivity index (χ1n) is 5.96. The van der Waals surface area contributed by atoms with Gasteiger partial charge in [-0.05, 0) is 24.9 Å². The van der Waals surface area contributed by atoms with Gasteiger partial charge in [-0.3, -0.25) is 10.1 Å². The van der Waals surface area contributed by atoms with E-state index < -0.39 is 22.2 Å². The highest BCUT2D eigenvalue weighted by molar-refractivity contribution is 5.42. The number of nitro benzene ring substituents is 1. The molecule has 0 saturated carbocycles. The quantitative estimate of drug-likeness (QED) is 0.677. The van der Waals surface area contributed by atoms with Crippen LogP contribution in [0.4, 0.5) is 14.5 Å². The normalized spacial score (nSPS) is 13.4. The average molecular weight is 272 g/mol. The van der Waals surface area contributed by atoms with Gasteiger partial charge < -0.3 is 5.32 Å². The molecule has 0 aliphatic rings. The van der Waals surface area contributed by atoms with Crippen LogP contribution in [0.1, 0.15) is 26.3 Å². The van der Waals surface area contributed by atoms with Gasteiger partial charge in [-0.25, -0.2) is 4.39 Å². The Kier molecular flexibility index (Phi) is 4.57. The molecule has 1 aromatic carbocycles. The molecule has 6 heteroatoms. The molecule has 0 saturated heterocycles. The molecule has 19 heavy (non-hydrogen) atoms. The topological polar surface area (TPSA) is 55.2 Å². The second kappa shape index (κ2) is 5.61. The van der Waals surface area contributed by atoms with Crippen LogP contribution < -0.4 is 5.32 Å². The van der Waals surface area contributed by atoms with Gasteiger partial charge in [0.1, 0.15) is 5.82 Å². The summed E-state index contributed by atoms with van der Waals surface area (Å²) >= 11 is 0. The van der Waals surface area contributed by atoms with Crippen molar-refractivity contribution in [2.45, 2.75) is 33.2 Å². The molecule has 4 nitrogen and oxygen atoms in total. The molecule has 0 amide bonds. The first kappa shape index (κ1) is 15.5. The zero-order chi connectivity index (χ0) is 14.8. The van der Waals surface area contributed by atoms with E-state index in [1.54, 1.807) is 7.05 Å². The van der Waals surface area contributed by atoms with Gasteiger partial charge in [0.15, 0.2) is 0 Å². The van der Waals surface area contributed by atoms with Crippen LogP contribution in [-0.4, -0.2) is 18.0 Å². The molecule has 0 spiro atoms. The van der Waals surface area contributed by atoms with E-state index in [2.05, 4.69) is 5.32 Å². The predicted octanol–water partition coefficient (Wildman–Crippen LogP) is 3.05. The third-order valence-corrected chi connectivity index (χ3v) is 3.11. The molecule has 0 aliphatic carbocycles. The lowest BCUT2D eigenvalue weighted by Crippen LogP contribution is -2.40.